The Morgan fingerprint density at radius 2 is 2.22 bits per heavy atom. The standard InChI is InChI=1S/C14H27N3O/c1-11-7-12(9-15-8-11)14(18)16-10-13-5-3-4-6-17(13)2/h11-13,15H,3-10H2,1-2H3,(H,16,18). The molecule has 4 heteroatoms. The van der Waals surface area contributed by atoms with Gasteiger partial charge in [-0.25, -0.2) is 0 Å². The summed E-state index contributed by atoms with van der Waals surface area (Å²) in [4.78, 5) is 14.5. The van der Waals surface area contributed by atoms with Gasteiger partial charge < -0.3 is 15.5 Å². The van der Waals surface area contributed by atoms with E-state index in [1.54, 1.807) is 0 Å². The Labute approximate surface area is 110 Å². The van der Waals surface area contributed by atoms with Gasteiger partial charge in [0.1, 0.15) is 0 Å². The normalized spacial score (nSPS) is 34.2. The van der Waals surface area contributed by atoms with Crippen LogP contribution in [0.5, 0.6) is 0 Å². The summed E-state index contributed by atoms with van der Waals surface area (Å²) < 4.78 is 0. The highest BCUT2D eigenvalue weighted by Gasteiger charge is 2.26. The topological polar surface area (TPSA) is 44.4 Å². The van der Waals surface area contributed by atoms with Gasteiger partial charge >= 0.3 is 0 Å². The monoisotopic (exact) mass is 253 g/mol. The molecule has 104 valence electrons. The van der Waals surface area contributed by atoms with Crippen LogP contribution in [0.15, 0.2) is 0 Å². The molecule has 2 N–H and O–H groups in total. The summed E-state index contributed by atoms with van der Waals surface area (Å²) in [6.45, 7) is 6.09. The molecule has 2 aliphatic rings. The van der Waals surface area contributed by atoms with Crippen molar-refractivity contribution in [3.63, 3.8) is 0 Å². The lowest BCUT2D eigenvalue weighted by atomic mass is 9.91. The Bertz CT molecular complexity index is 282. The van der Waals surface area contributed by atoms with E-state index in [0.29, 0.717) is 12.0 Å². The van der Waals surface area contributed by atoms with Crippen LogP contribution < -0.4 is 10.6 Å². The Morgan fingerprint density at radius 3 is 2.94 bits per heavy atom. The summed E-state index contributed by atoms with van der Waals surface area (Å²) in [5, 5.41) is 6.49. The molecule has 0 aromatic carbocycles. The number of piperidine rings is 2. The molecule has 2 saturated heterocycles. The maximum Gasteiger partial charge on any atom is 0.224 e. The summed E-state index contributed by atoms with van der Waals surface area (Å²) in [6.07, 6.45) is 4.84. The summed E-state index contributed by atoms with van der Waals surface area (Å²) in [6, 6.07) is 0.539. The van der Waals surface area contributed by atoms with Crippen molar-refractivity contribution < 1.29 is 4.79 Å². The highest BCUT2D eigenvalue weighted by molar-refractivity contribution is 5.79. The fourth-order valence-electron chi connectivity index (χ4n) is 3.12. The Kier molecular flexibility index (Phi) is 5.01. The SMILES string of the molecule is CC1CNCC(C(=O)NCC2CCCCN2C)C1. The molecule has 0 saturated carbocycles. The van der Waals surface area contributed by atoms with E-state index in [1.807, 2.05) is 0 Å². The van der Waals surface area contributed by atoms with Crippen LogP contribution in [0.3, 0.4) is 0 Å². The van der Waals surface area contributed by atoms with Crippen LogP contribution >= 0.6 is 0 Å². The molecule has 0 aromatic rings. The lowest BCUT2D eigenvalue weighted by Gasteiger charge is -2.33. The number of likely N-dealkylation sites (N-methyl/N-ethyl adjacent to an activating group) is 1. The molecule has 2 fully saturated rings. The van der Waals surface area contributed by atoms with Gasteiger partial charge in [-0.3, -0.25) is 4.79 Å². The Balaban J connectivity index is 1.73. The number of hydrogen-bond donors (Lipinski definition) is 2. The maximum atomic E-state index is 12.1. The average molecular weight is 253 g/mol. The molecule has 2 rings (SSSR count). The first-order chi connectivity index (χ1) is 8.66. The van der Waals surface area contributed by atoms with Crippen LogP contribution in [0.4, 0.5) is 0 Å². The van der Waals surface area contributed by atoms with Gasteiger partial charge in [0.05, 0.1) is 5.92 Å². The van der Waals surface area contributed by atoms with Gasteiger partial charge in [-0.2, -0.15) is 0 Å². The van der Waals surface area contributed by atoms with Crippen LogP contribution in [0.25, 0.3) is 0 Å². The summed E-state index contributed by atoms with van der Waals surface area (Å²) in [5.41, 5.74) is 0. The van der Waals surface area contributed by atoms with E-state index in [0.717, 1.165) is 26.1 Å². The molecule has 4 nitrogen and oxygen atoms in total. The number of hydrogen-bond acceptors (Lipinski definition) is 3. The number of nitrogens with zero attached hydrogens (tertiary/aromatic N) is 1. The number of carbonyl (C=O) groups excluding carboxylic acids is 1. The third-order valence-electron chi connectivity index (χ3n) is 4.37. The van der Waals surface area contributed by atoms with Crippen molar-refractivity contribution in [3.8, 4) is 0 Å². The van der Waals surface area contributed by atoms with Crippen LogP contribution in [-0.4, -0.2) is 50.1 Å². The van der Waals surface area contributed by atoms with E-state index in [2.05, 4.69) is 29.5 Å². The first kappa shape index (κ1) is 13.8. The van der Waals surface area contributed by atoms with Crippen LogP contribution in [0.2, 0.25) is 0 Å². The minimum atomic E-state index is 0.169. The molecule has 2 heterocycles. The summed E-state index contributed by atoms with van der Waals surface area (Å²) >= 11 is 0. The van der Waals surface area contributed by atoms with Crippen LogP contribution in [0.1, 0.15) is 32.6 Å². The van der Waals surface area contributed by atoms with Gasteiger partial charge in [0.15, 0.2) is 0 Å². The molecular formula is C14H27N3O. The van der Waals surface area contributed by atoms with Gasteiger partial charge in [0.2, 0.25) is 5.91 Å². The molecule has 0 radical (unpaired) electrons. The van der Waals surface area contributed by atoms with E-state index in [4.69, 9.17) is 0 Å². The number of rotatable bonds is 3. The molecule has 2 aliphatic heterocycles. The number of likely N-dealkylation sites (tertiary alicyclic amines) is 1. The summed E-state index contributed by atoms with van der Waals surface area (Å²) in [5.74, 6) is 1.03. The van der Waals surface area contributed by atoms with E-state index < -0.39 is 0 Å². The lowest BCUT2D eigenvalue weighted by molar-refractivity contribution is -0.126. The third kappa shape index (κ3) is 3.69. The first-order valence-electron chi connectivity index (χ1n) is 7.35. The van der Waals surface area contributed by atoms with Crippen molar-refractivity contribution in [2.45, 2.75) is 38.6 Å². The second kappa shape index (κ2) is 6.53. The quantitative estimate of drug-likeness (QED) is 0.783. The van der Waals surface area contributed by atoms with Crippen LogP contribution in [0, 0.1) is 11.8 Å². The van der Waals surface area contributed by atoms with Crippen molar-refractivity contribution in [1.29, 1.82) is 0 Å². The highest BCUT2D eigenvalue weighted by atomic mass is 16.1. The lowest BCUT2D eigenvalue weighted by Crippen LogP contribution is -2.48. The summed E-state index contributed by atoms with van der Waals surface area (Å²) in [7, 11) is 2.17. The Morgan fingerprint density at radius 1 is 1.39 bits per heavy atom. The maximum absolute atomic E-state index is 12.1. The first-order valence-corrected chi connectivity index (χ1v) is 7.35. The van der Waals surface area contributed by atoms with E-state index in [-0.39, 0.29) is 11.8 Å². The van der Waals surface area contributed by atoms with Gasteiger partial charge in [0.25, 0.3) is 0 Å². The predicted molar refractivity (Wildman–Crippen MR) is 73.4 cm³/mol. The van der Waals surface area contributed by atoms with Crippen molar-refractivity contribution in [2.75, 3.05) is 33.2 Å². The number of amides is 1. The van der Waals surface area contributed by atoms with Crippen molar-refractivity contribution >= 4 is 5.91 Å². The van der Waals surface area contributed by atoms with Crippen molar-refractivity contribution in [2.24, 2.45) is 11.8 Å². The molecule has 18 heavy (non-hydrogen) atoms. The average Bonchev–Trinajstić information content (AvgIpc) is 2.37. The molecule has 3 atom stereocenters. The zero-order valence-corrected chi connectivity index (χ0v) is 11.7. The largest absolute Gasteiger partial charge is 0.354 e. The van der Waals surface area contributed by atoms with Gasteiger partial charge in [-0.15, -0.1) is 0 Å². The molecule has 0 spiro atoms. The van der Waals surface area contributed by atoms with Gasteiger partial charge in [-0.05, 0) is 45.3 Å². The van der Waals surface area contributed by atoms with E-state index in [9.17, 15) is 4.79 Å². The second-order valence-electron chi connectivity index (χ2n) is 6.07. The van der Waals surface area contributed by atoms with Crippen LogP contribution in [-0.2, 0) is 4.79 Å². The van der Waals surface area contributed by atoms with E-state index >= 15 is 0 Å². The fraction of sp³-hybridized carbons (Fsp3) is 0.929. The molecule has 1 amide bonds. The Hall–Kier alpha value is -0.610. The minimum absolute atomic E-state index is 0.169. The molecule has 0 aliphatic carbocycles. The third-order valence-corrected chi connectivity index (χ3v) is 4.37. The molecule has 0 aromatic heterocycles. The van der Waals surface area contributed by atoms with Crippen molar-refractivity contribution in [3.05, 3.63) is 0 Å². The zero-order valence-electron chi connectivity index (χ0n) is 11.7. The molecular weight excluding hydrogens is 226 g/mol. The fourth-order valence-corrected chi connectivity index (χ4v) is 3.12. The second-order valence-corrected chi connectivity index (χ2v) is 6.07. The zero-order chi connectivity index (χ0) is 13.0. The predicted octanol–water partition coefficient (Wildman–Crippen LogP) is 0.833. The molecule has 3 unspecified atom stereocenters. The smallest absolute Gasteiger partial charge is 0.224 e. The van der Waals surface area contributed by atoms with Gasteiger partial charge in [-0.1, -0.05) is 13.3 Å². The van der Waals surface area contributed by atoms with Gasteiger partial charge in [0, 0.05) is 19.1 Å². The highest BCUT2D eigenvalue weighted by Crippen LogP contribution is 2.17. The number of carbonyl (C=O) groups is 1. The number of nitrogens with one attached hydrogen (secondary N) is 2. The minimum Gasteiger partial charge on any atom is -0.354 e. The van der Waals surface area contributed by atoms with E-state index in [1.165, 1.54) is 25.8 Å². The molecule has 0 bridgehead atoms. The van der Waals surface area contributed by atoms with Crippen molar-refractivity contribution in [1.82, 2.24) is 15.5 Å².